The molecule has 1 N–H and O–H groups in total. The molecule has 2 aromatic heterocycles. The second-order valence-corrected chi connectivity index (χ2v) is 7.39. The Balaban J connectivity index is 1.50. The molecule has 156 valence electrons. The van der Waals surface area contributed by atoms with Crippen molar-refractivity contribution in [3.63, 3.8) is 0 Å². The van der Waals surface area contributed by atoms with Crippen molar-refractivity contribution in [3.05, 3.63) is 36.3 Å². The van der Waals surface area contributed by atoms with Gasteiger partial charge in [-0.2, -0.15) is 18.3 Å². The Kier molecular flexibility index (Phi) is 4.09. The van der Waals surface area contributed by atoms with Crippen LogP contribution in [0.25, 0.3) is 22.9 Å². The highest BCUT2D eigenvalue weighted by Gasteiger charge is 2.44. The fraction of sp³-hybridized carbons (Fsp3) is 0.368. The second-order valence-electron chi connectivity index (χ2n) is 7.39. The number of hydrogen-bond acceptors (Lipinski definition) is 5. The molecule has 0 radical (unpaired) electrons. The molecular weight excluding hydrogens is 403 g/mol. The van der Waals surface area contributed by atoms with Gasteiger partial charge in [0.05, 0.1) is 18.0 Å². The smallest absolute Gasteiger partial charge is 0.408 e. The van der Waals surface area contributed by atoms with E-state index in [1.165, 1.54) is 0 Å². The van der Waals surface area contributed by atoms with Gasteiger partial charge in [0.15, 0.2) is 5.82 Å². The predicted octanol–water partition coefficient (Wildman–Crippen LogP) is 2.95. The second kappa shape index (κ2) is 6.57. The fourth-order valence-electron chi connectivity index (χ4n) is 3.82. The Labute approximate surface area is 167 Å². The molecule has 1 fully saturated rings. The molecule has 30 heavy (non-hydrogen) atoms. The largest absolute Gasteiger partial charge is 0.491 e. The van der Waals surface area contributed by atoms with Gasteiger partial charge in [-0.1, -0.05) is 6.07 Å². The van der Waals surface area contributed by atoms with Crippen LogP contribution in [0.3, 0.4) is 0 Å². The number of benzene rings is 1. The first kappa shape index (κ1) is 18.6. The minimum atomic E-state index is -4.42. The molecule has 2 unspecified atom stereocenters. The van der Waals surface area contributed by atoms with Crippen LogP contribution in [-0.4, -0.2) is 48.2 Å². The highest BCUT2D eigenvalue weighted by molar-refractivity contribution is 5.76. The third kappa shape index (κ3) is 3.29. The minimum absolute atomic E-state index is 0.0316. The van der Waals surface area contributed by atoms with Gasteiger partial charge in [0, 0.05) is 6.20 Å². The Morgan fingerprint density at radius 1 is 1.30 bits per heavy atom. The van der Waals surface area contributed by atoms with E-state index >= 15 is 0 Å². The summed E-state index contributed by atoms with van der Waals surface area (Å²) >= 11 is 0. The third-order valence-corrected chi connectivity index (χ3v) is 5.32. The van der Waals surface area contributed by atoms with Crippen molar-refractivity contribution in [1.82, 2.24) is 24.3 Å². The zero-order valence-electron chi connectivity index (χ0n) is 15.5. The van der Waals surface area contributed by atoms with Gasteiger partial charge in [0.1, 0.15) is 36.7 Å². The van der Waals surface area contributed by atoms with E-state index in [9.17, 15) is 18.0 Å². The molecule has 2 aliphatic rings. The maximum Gasteiger partial charge on any atom is 0.408 e. The van der Waals surface area contributed by atoms with Gasteiger partial charge in [-0.15, -0.1) is 0 Å². The van der Waals surface area contributed by atoms with Gasteiger partial charge in [-0.3, -0.25) is 4.79 Å². The number of rotatable bonds is 4. The number of carboxylic acid groups (broad SMARTS) is 1. The first-order chi connectivity index (χ1) is 14.3. The Hall–Kier alpha value is -3.37. The summed E-state index contributed by atoms with van der Waals surface area (Å²) in [5, 5.41) is 12.8. The summed E-state index contributed by atoms with van der Waals surface area (Å²) in [6.07, 6.45) is -1.11. The van der Waals surface area contributed by atoms with Crippen molar-refractivity contribution in [1.29, 1.82) is 0 Å². The van der Waals surface area contributed by atoms with Crippen LogP contribution in [0.15, 0.2) is 30.7 Å². The normalized spacial score (nSPS) is 20.1. The van der Waals surface area contributed by atoms with Gasteiger partial charge < -0.3 is 14.4 Å². The Bertz CT molecular complexity index is 1140. The highest BCUT2D eigenvalue weighted by atomic mass is 19.4. The summed E-state index contributed by atoms with van der Waals surface area (Å²) in [6, 6.07) is 5.50. The predicted molar refractivity (Wildman–Crippen MR) is 96.7 cm³/mol. The first-order valence-electron chi connectivity index (χ1n) is 9.32. The molecule has 1 aromatic carbocycles. The van der Waals surface area contributed by atoms with Crippen LogP contribution < -0.4 is 4.74 Å². The molecule has 0 amide bonds. The fourth-order valence-corrected chi connectivity index (χ4v) is 3.82. The first-order valence-corrected chi connectivity index (χ1v) is 9.32. The molecular formula is C19H16F3N5O3. The molecule has 3 aromatic rings. The van der Waals surface area contributed by atoms with E-state index in [1.807, 2.05) is 22.8 Å². The molecule has 0 spiro atoms. The molecule has 5 rings (SSSR count). The summed E-state index contributed by atoms with van der Waals surface area (Å²) in [7, 11) is 0. The average Bonchev–Trinajstić information content (AvgIpc) is 3.25. The lowest BCUT2D eigenvalue weighted by Crippen LogP contribution is -2.19. The number of aromatic nitrogens is 5. The number of hydrogen-bond donors (Lipinski definition) is 1. The summed E-state index contributed by atoms with van der Waals surface area (Å²) in [5.74, 6) is -0.0426. The van der Waals surface area contributed by atoms with Gasteiger partial charge in [-0.25, -0.2) is 14.6 Å². The molecule has 8 nitrogen and oxygen atoms in total. The molecule has 1 aliphatic carbocycles. The zero-order valence-corrected chi connectivity index (χ0v) is 15.5. The van der Waals surface area contributed by atoms with Gasteiger partial charge >= 0.3 is 12.1 Å². The van der Waals surface area contributed by atoms with E-state index in [2.05, 4.69) is 15.1 Å². The monoisotopic (exact) mass is 419 g/mol. The van der Waals surface area contributed by atoms with E-state index in [0.29, 0.717) is 36.7 Å². The van der Waals surface area contributed by atoms with Crippen molar-refractivity contribution >= 4 is 5.97 Å². The summed E-state index contributed by atoms with van der Waals surface area (Å²) in [6.45, 7) is -0.442. The standard InChI is InChI=1S/C19H16F3N5O3/c20-19(21,22)8-27-17(23-9-24-27)14-7-26-3-4-30-15-5-10(12-6-13(12)18(28)29)1-2-11(15)16(26)25-14/h1-2,5,7,9,12-13H,3-4,6,8H2,(H,28,29). The summed E-state index contributed by atoms with van der Waals surface area (Å²) in [5.41, 5.74) is 1.88. The number of ether oxygens (including phenoxy) is 1. The van der Waals surface area contributed by atoms with E-state index in [-0.39, 0.29) is 23.4 Å². The lowest BCUT2D eigenvalue weighted by molar-refractivity contribution is -0.142. The van der Waals surface area contributed by atoms with Crippen LogP contribution in [0.5, 0.6) is 5.75 Å². The maximum atomic E-state index is 12.8. The molecule has 3 heterocycles. The van der Waals surface area contributed by atoms with E-state index in [0.717, 1.165) is 16.6 Å². The van der Waals surface area contributed by atoms with Gasteiger partial charge in [-0.05, 0) is 30.0 Å². The number of aliphatic carboxylic acids is 1. The summed E-state index contributed by atoms with van der Waals surface area (Å²) < 4.78 is 46.9. The van der Waals surface area contributed by atoms with Crippen LogP contribution in [0.1, 0.15) is 17.9 Å². The number of imidazole rings is 1. The Morgan fingerprint density at radius 2 is 2.13 bits per heavy atom. The van der Waals surface area contributed by atoms with Gasteiger partial charge in [0.2, 0.25) is 0 Å². The number of fused-ring (bicyclic) bond motifs is 3. The quantitative estimate of drug-likeness (QED) is 0.699. The SMILES string of the molecule is O=C(O)C1CC1c1ccc2c(c1)OCCn1cc(-c3ncnn3CC(F)(F)F)nc1-2. The number of carboxylic acids is 1. The molecule has 1 saturated carbocycles. The summed E-state index contributed by atoms with van der Waals surface area (Å²) in [4.78, 5) is 19.6. The highest BCUT2D eigenvalue weighted by Crippen LogP contribution is 2.49. The van der Waals surface area contributed by atoms with Crippen molar-refractivity contribution in [2.75, 3.05) is 6.61 Å². The number of alkyl halides is 3. The van der Waals surface area contributed by atoms with Gasteiger partial charge in [0.25, 0.3) is 0 Å². The molecule has 1 aliphatic heterocycles. The molecule has 0 bridgehead atoms. The lowest BCUT2D eigenvalue weighted by atomic mass is 10.0. The zero-order chi connectivity index (χ0) is 21.0. The van der Waals surface area contributed by atoms with Crippen molar-refractivity contribution in [2.45, 2.75) is 31.6 Å². The van der Waals surface area contributed by atoms with Crippen LogP contribution in [-0.2, 0) is 17.9 Å². The third-order valence-electron chi connectivity index (χ3n) is 5.32. The topological polar surface area (TPSA) is 95.1 Å². The lowest BCUT2D eigenvalue weighted by Gasteiger charge is -2.09. The maximum absolute atomic E-state index is 12.8. The van der Waals surface area contributed by atoms with Crippen LogP contribution in [0.2, 0.25) is 0 Å². The number of carbonyl (C=O) groups is 1. The number of nitrogens with zero attached hydrogens (tertiary/aromatic N) is 5. The van der Waals surface area contributed by atoms with E-state index in [1.54, 1.807) is 6.20 Å². The average molecular weight is 419 g/mol. The Morgan fingerprint density at radius 3 is 2.87 bits per heavy atom. The van der Waals surface area contributed by atoms with Crippen LogP contribution in [0, 0.1) is 5.92 Å². The molecule has 0 saturated heterocycles. The van der Waals surface area contributed by atoms with Crippen LogP contribution in [0.4, 0.5) is 13.2 Å². The minimum Gasteiger partial charge on any atom is -0.491 e. The van der Waals surface area contributed by atoms with Crippen molar-refractivity contribution < 1.29 is 27.8 Å². The van der Waals surface area contributed by atoms with Crippen molar-refractivity contribution in [3.8, 4) is 28.7 Å². The van der Waals surface area contributed by atoms with E-state index in [4.69, 9.17) is 9.84 Å². The molecule has 2 atom stereocenters. The van der Waals surface area contributed by atoms with Crippen LogP contribution >= 0.6 is 0 Å². The molecule has 11 heteroatoms. The van der Waals surface area contributed by atoms with E-state index < -0.39 is 18.7 Å². The van der Waals surface area contributed by atoms with Crippen molar-refractivity contribution in [2.24, 2.45) is 5.92 Å². The number of halogens is 3.